The standard InChI is InChI=1S/C23H20BrCl2N3O4S/c1-15-2-6-19(7-3-15)34(32,33)29(13-16-4-8-20(25)21(26)10-16)14-23(31)28-27-12-17-11-18(24)5-9-22(17)30/h2-12,30H,13-14H2,1H3,(H,28,31)/b27-12-. The van der Waals surface area contributed by atoms with E-state index in [0.717, 1.165) is 14.3 Å². The summed E-state index contributed by atoms with van der Waals surface area (Å²) in [7, 11) is -4.03. The fraction of sp³-hybridized carbons (Fsp3) is 0.130. The molecule has 3 rings (SSSR count). The van der Waals surface area contributed by atoms with Gasteiger partial charge in [0, 0.05) is 16.6 Å². The Bertz CT molecular complexity index is 1330. The second kappa shape index (κ2) is 11.3. The summed E-state index contributed by atoms with van der Waals surface area (Å²) in [6, 6.07) is 15.8. The number of rotatable bonds is 8. The molecule has 0 atom stereocenters. The Balaban J connectivity index is 1.83. The molecule has 0 heterocycles. The summed E-state index contributed by atoms with van der Waals surface area (Å²) in [5.74, 6) is -0.689. The molecule has 3 aromatic carbocycles. The van der Waals surface area contributed by atoms with E-state index in [1.54, 1.807) is 42.5 Å². The van der Waals surface area contributed by atoms with E-state index in [4.69, 9.17) is 23.2 Å². The van der Waals surface area contributed by atoms with Gasteiger partial charge in [-0.2, -0.15) is 9.41 Å². The van der Waals surface area contributed by atoms with Crippen LogP contribution in [0.5, 0.6) is 5.75 Å². The molecule has 11 heteroatoms. The van der Waals surface area contributed by atoms with Gasteiger partial charge in [-0.05, 0) is 55.0 Å². The van der Waals surface area contributed by atoms with Crippen LogP contribution in [0.2, 0.25) is 10.0 Å². The maximum Gasteiger partial charge on any atom is 0.255 e. The zero-order valence-corrected chi connectivity index (χ0v) is 21.8. The number of benzene rings is 3. The predicted molar refractivity (Wildman–Crippen MR) is 137 cm³/mol. The SMILES string of the molecule is Cc1ccc(S(=O)(=O)N(CC(=O)N/N=C\c2cc(Br)ccc2O)Cc2ccc(Cl)c(Cl)c2)cc1. The van der Waals surface area contributed by atoms with E-state index >= 15 is 0 Å². The monoisotopic (exact) mass is 583 g/mol. The number of aromatic hydroxyl groups is 1. The third kappa shape index (κ3) is 6.80. The molecule has 0 aliphatic carbocycles. The molecule has 0 aliphatic rings. The van der Waals surface area contributed by atoms with Crippen molar-refractivity contribution in [3.63, 3.8) is 0 Å². The highest BCUT2D eigenvalue weighted by molar-refractivity contribution is 9.10. The van der Waals surface area contributed by atoms with E-state index in [1.165, 1.54) is 24.4 Å². The summed E-state index contributed by atoms with van der Waals surface area (Å²) < 4.78 is 28.4. The van der Waals surface area contributed by atoms with Gasteiger partial charge in [-0.3, -0.25) is 4.79 Å². The lowest BCUT2D eigenvalue weighted by molar-refractivity contribution is -0.121. The zero-order valence-electron chi connectivity index (χ0n) is 17.9. The lowest BCUT2D eigenvalue weighted by Gasteiger charge is -2.22. The molecule has 0 aliphatic heterocycles. The van der Waals surface area contributed by atoms with E-state index in [0.29, 0.717) is 16.1 Å². The summed E-state index contributed by atoms with van der Waals surface area (Å²) in [5, 5.41) is 14.3. The van der Waals surface area contributed by atoms with Crippen molar-refractivity contribution in [3.05, 3.63) is 91.9 Å². The van der Waals surface area contributed by atoms with Crippen molar-refractivity contribution in [2.75, 3.05) is 6.54 Å². The largest absolute Gasteiger partial charge is 0.507 e. The van der Waals surface area contributed by atoms with Crippen LogP contribution in [-0.2, 0) is 21.4 Å². The van der Waals surface area contributed by atoms with Gasteiger partial charge in [0.05, 0.1) is 27.7 Å². The first-order chi connectivity index (χ1) is 16.1. The topological polar surface area (TPSA) is 99.1 Å². The third-order valence-electron chi connectivity index (χ3n) is 4.70. The van der Waals surface area contributed by atoms with Gasteiger partial charge in [0.2, 0.25) is 10.0 Å². The average Bonchev–Trinajstić information content (AvgIpc) is 2.78. The van der Waals surface area contributed by atoms with E-state index in [1.807, 2.05) is 6.92 Å². The maximum atomic E-state index is 13.3. The molecule has 0 bridgehead atoms. The fourth-order valence-corrected chi connectivity index (χ4v) is 5.01. The summed E-state index contributed by atoms with van der Waals surface area (Å²) in [5.41, 5.74) is 4.12. The Morgan fingerprint density at radius 3 is 2.47 bits per heavy atom. The molecule has 1 amide bonds. The van der Waals surface area contributed by atoms with Gasteiger partial charge in [0.25, 0.3) is 5.91 Å². The predicted octanol–water partition coefficient (Wildman–Crippen LogP) is 5.11. The number of nitrogens with one attached hydrogen (secondary N) is 1. The lowest BCUT2D eigenvalue weighted by Crippen LogP contribution is -2.39. The molecule has 7 nitrogen and oxygen atoms in total. The maximum absolute atomic E-state index is 13.3. The number of aryl methyl sites for hydroxylation is 1. The van der Waals surface area contributed by atoms with E-state index in [-0.39, 0.29) is 22.2 Å². The van der Waals surface area contributed by atoms with Gasteiger partial charge in [-0.1, -0.05) is 62.9 Å². The molecule has 34 heavy (non-hydrogen) atoms. The average molecular weight is 585 g/mol. The van der Waals surface area contributed by atoms with Crippen LogP contribution in [0.25, 0.3) is 0 Å². The molecule has 2 N–H and O–H groups in total. The molecule has 0 unspecified atom stereocenters. The number of halogens is 3. The molecule has 0 spiro atoms. The van der Waals surface area contributed by atoms with Crippen LogP contribution in [0.1, 0.15) is 16.7 Å². The van der Waals surface area contributed by atoms with Gasteiger partial charge in [0.1, 0.15) is 5.75 Å². The normalized spacial score (nSPS) is 11.8. The molecule has 0 saturated heterocycles. The van der Waals surface area contributed by atoms with Gasteiger partial charge in [-0.25, -0.2) is 13.8 Å². The van der Waals surface area contributed by atoms with Crippen LogP contribution in [-0.4, -0.2) is 36.5 Å². The lowest BCUT2D eigenvalue weighted by atomic mass is 10.2. The minimum atomic E-state index is -4.03. The molecule has 0 aromatic heterocycles. The quantitative estimate of drug-likeness (QED) is 0.284. The minimum Gasteiger partial charge on any atom is -0.507 e. The number of carbonyl (C=O) groups is 1. The second-order valence-electron chi connectivity index (χ2n) is 7.33. The van der Waals surface area contributed by atoms with Crippen LogP contribution in [0.3, 0.4) is 0 Å². The van der Waals surface area contributed by atoms with Crippen molar-refractivity contribution in [1.29, 1.82) is 0 Å². The van der Waals surface area contributed by atoms with Gasteiger partial charge < -0.3 is 5.11 Å². The Morgan fingerprint density at radius 1 is 1.09 bits per heavy atom. The van der Waals surface area contributed by atoms with Crippen molar-refractivity contribution < 1.29 is 18.3 Å². The third-order valence-corrected chi connectivity index (χ3v) is 7.74. The number of amides is 1. The number of carbonyl (C=O) groups excluding carboxylic acids is 1. The summed E-state index contributed by atoms with van der Waals surface area (Å²) in [4.78, 5) is 12.6. The first kappa shape index (κ1) is 26.2. The highest BCUT2D eigenvalue weighted by Gasteiger charge is 2.27. The number of sulfonamides is 1. The van der Waals surface area contributed by atoms with Crippen molar-refractivity contribution in [2.24, 2.45) is 5.10 Å². The highest BCUT2D eigenvalue weighted by atomic mass is 79.9. The first-order valence-electron chi connectivity index (χ1n) is 9.87. The number of hydrogen-bond donors (Lipinski definition) is 2. The van der Waals surface area contributed by atoms with Gasteiger partial charge in [0.15, 0.2) is 0 Å². The van der Waals surface area contributed by atoms with Crippen molar-refractivity contribution in [2.45, 2.75) is 18.4 Å². The van der Waals surface area contributed by atoms with Crippen molar-refractivity contribution in [3.8, 4) is 5.75 Å². The zero-order chi connectivity index (χ0) is 24.9. The highest BCUT2D eigenvalue weighted by Crippen LogP contribution is 2.25. The summed E-state index contributed by atoms with van der Waals surface area (Å²) >= 11 is 15.3. The van der Waals surface area contributed by atoms with Gasteiger partial charge in [-0.15, -0.1) is 0 Å². The first-order valence-corrected chi connectivity index (χ1v) is 12.9. The molecule has 3 aromatic rings. The van der Waals surface area contributed by atoms with Gasteiger partial charge >= 0.3 is 0 Å². The van der Waals surface area contributed by atoms with Crippen LogP contribution < -0.4 is 5.43 Å². The van der Waals surface area contributed by atoms with Crippen molar-refractivity contribution in [1.82, 2.24) is 9.73 Å². The molecule has 178 valence electrons. The number of phenolic OH excluding ortho intramolecular Hbond substituents is 1. The Labute approximate surface area is 216 Å². The molecule has 0 radical (unpaired) electrons. The Kier molecular flexibility index (Phi) is 8.72. The van der Waals surface area contributed by atoms with Crippen LogP contribution in [0.15, 0.2) is 75.1 Å². The molecular weight excluding hydrogens is 565 g/mol. The van der Waals surface area contributed by atoms with E-state index in [9.17, 15) is 18.3 Å². The summed E-state index contributed by atoms with van der Waals surface area (Å²) in [6.07, 6.45) is 1.26. The summed E-state index contributed by atoms with van der Waals surface area (Å²) in [6.45, 7) is 1.23. The fourth-order valence-electron chi connectivity index (χ4n) is 2.92. The second-order valence-corrected chi connectivity index (χ2v) is 11.0. The number of phenols is 1. The van der Waals surface area contributed by atoms with E-state index in [2.05, 4.69) is 26.5 Å². The number of hydrazone groups is 1. The number of nitrogens with zero attached hydrogens (tertiary/aromatic N) is 2. The van der Waals surface area contributed by atoms with Crippen LogP contribution >= 0.6 is 39.1 Å². The minimum absolute atomic E-state index is 0.0237. The van der Waals surface area contributed by atoms with Crippen molar-refractivity contribution >= 4 is 61.3 Å². The molecule has 0 saturated carbocycles. The Hall–Kier alpha value is -2.43. The smallest absolute Gasteiger partial charge is 0.255 e. The number of hydrogen-bond acceptors (Lipinski definition) is 5. The molecular formula is C23H20BrCl2N3O4S. The molecule has 0 fully saturated rings. The van der Waals surface area contributed by atoms with Crippen LogP contribution in [0.4, 0.5) is 0 Å². The Morgan fingerprint density at radius 2 is 1.79 bits per heavy atom. The van der Waals surface area contributed by atoms with E-state index < -0.39 is 22.5 Å². The van der Waals surface area contributed by atoms with Crippen LogP contribution in [0, 0.1) is 6.92 Å².